The van der Waals surface area contributed by atoms with E-state index in [9.17, 15) is 24.2 Å². The molecule has 4 heterocycles. The number of nitrogens with two attached hydrogens (primary N) is 1. The number of carbonyl (C=O) groups excluding carboxylic acids is 1. The molecule has 3 N–H and O–H groups in total. The lowest BCUT2D eigenvalue weighted by Crippen LogP contribution is -2.38. The van der Waals surface area contributed by atoms with Gasteiger partial charge in [-0.05, 0) is 49.8 Å². The fraction of sp³-hybridized carbons (Fsp3) is 0.435. The Hall–Kier alpha value is -2.93. The monoisotopic (exact) mass is 531 g/mol. The molecule has 3 aromatic rings. The number of piperidine rings is 1. The summed E-state index contributed by atoms with van der Waals surface area (Å²) < 4.78 is 70.8. The summed E-state index contributed by atoms with van der Waals surface area (Å²) in [6.07, 6.45) is 6.68. The molecule has 0 saturated carbocycles. The van der Waals surface area contributed by atoms with Gasteiger partial charge in [-0.2, -0.15) is 0 Å². The highest BCUT2D eigenvalue weighted by atomic mass is 32.5. The average molecular weight is 532 g/mol. The van der Waals surface area contributed by atoms with E-state index in [-0.39, 0.29) is 23.6 Å². The Kier molecular flexibility index (Phi) is 5.52. The maximum Gasteiger partial charge on any atom is 0.310 e. The van der Waals surface area contributed by atoms with E-state index >= 15 is 0 Å². The van der Waals surface area contributed by atoms with E-state index in [1.807, 2.05) is 6.20 Å². The van der Waals surface area contributed by atoms with Crippen molar-refractivity contribution in [3.8, 4) is 0 Å². The molecule has 13 heteroatoms. The number of H-pyrrole nitrogens is 1. The molecule has 2 saturated heterocycles. The molecule has 0 radical (unpaired) electrons. The molecule has 1 amide bonds. The van der Waals surface area contributed by atoms with Crippen molar-refractivity contribution in [3.05, 3.63) is 47.4 Å². The standard InChI is InChI=1S/C23H26F5N5O2S/c24-36(25,26,27,28)16-1-2-17(19(29)11-16)23(34)33-7-3-14(4-8-33)18-12-30-22-21(18)32-20(13-31-22)15-5-9-35-10-6-15/h1-2,11-15H,3-10,29H2,(H,30,31). The largest absolute Gasteiger partial charge is 0.398 e. The SMILES string of the molecule is Nc1cc(S(F)(F)(F)(F)F)ccc1C(=O)N1CCC(c2c[nH]c3ncc(C4CCOCC4)nc23)CC1. The van der Waals surface area contributed by atoms with Gasteiger partial charge in [-0.15, -0.1) is 0 Å². The maximum atomic E-state index is 13.1. The fourth-order valence-electron chi connectivity index (χ4n) is 4.96. The zero-order valence-corrected chi connectivity index (χ0v) is 20.0. The zero-order valence-electron chi connectivity index (χ0n) is 19.2. The number of rotatable bonds is 4. The predicted molar refractivity (Wildman–Crippen MR) is 127 cm³/mol. The summed E-state index contributed by atoms with van der Waals surface area (Å²) in [6.45, 7) is 2.08. The Bertz CT molecular complexity index is 1320. The molecule has 7 nitrogen and oxygen atoms in total. The number of likely N-dealkylation sites (tertiary alicyclic amines) is 1. The number of hydrogen-bond acceptors (Lipinski definition) is 5. The van der Waals surface area contributed by atoms with Crippen LogP contribution in [-0.2, 0) is 4.74 Å². The number of carbonyl (C=O) groups is 1. The molecule has 196 valence electrons. The Labute approximate surface area is 203 Å². The van der Waals surface area contributed by atoms with E-state index in [1.54, 1.807) is 6.20 Å². The molecule has 0 atom stereocenters. The summed E-state index contributed by atoms with van der Waals surface area (Å²) in [5.74, 6) is -0.177. The average Bonchev–Trinajstić information content (AvgIpc) is 3.26. The molecule has 36 heavy (non-hydrogen) atoms. The summed E-state index contributed by atoms with van der Waals surface area (Å²) in [4.78, 5) is 24.9. The van der Waals surface area contributed by atoms with Gasteiger partial charge in [0.1, 0.15) is 10.4 Å². The maximum absolute atomic E-state index is 13.1. The topological polar surface area (TPSA) is 97.1 Å². The summed E-state index contributed by atoms with van der Waals surface area (Å²) in [5, 5.41) is 0. The number of fused-ring (bicyclic) bond motifs is 1. The van der Waals surface area contributed by atoms with Gasteiger partial charge in [0.2, 0.25) is 0 Å². The number of hydrogen-bond donors (Lipinski definition) is 2. The summed E-state index contributed by atoms with van der Waals surface area (Å²) in [7, 11) is -9.88. The van der Waals surface area contributed by atoms with Gasteiger partial charge < -0.3 is 20.4 Å². The van der Waals surface area contributed by atoms with E-state index < -0.39 is 26.7 Å². The predicted octanol–water partition coefficient (Wildman–Crippen LogP) is 6.11. The minimum Gasteiger partial charge on any atom is -0.398 e. The first-order valence-corrected chi connectivity index (χ1v) is 13.6. The number of anilines is 1. The minimum absolute atomic E-state index is 0.106. The highest BCUT2D eigenvalue weighted by Crippen LogP contribution is 3.02. The summed E-state index contributed by atoms with van der Waals surface area (Å²) in [6, 6.07) is 1.09. The number of nitrogen functional groups attached to an aromatic ring is 1. The Balaban J connectivity index is 1.30. The smallest absolute Gasteiger partial charge is 0.310 e. The quantitative estimate of drug-likeness (QED) is 0.313. The number of ether oxygens (including phenoxy) is 1. The Morgan fingerprint density at radius 2 is 1.75 bits per heavy atom. The van der Waals surface area contributed by atoms with E-state index in [4.69, 9.17) is 15.5 Å². The first kappa shape index (κ1) is 24.8. The molecular weight excluding hydrogens is 505 g/mol. The third-order valence-corrected chi connectivity index (χ3v) is 8.13. The zero-order chi connectivity index (χ0) is 25.8. The third-order valence-electron chi connectivity index (χ3n) is 6.99. The molecule has 2 aliphatic heterocycles. The molecule has 0 aliphatic carbocycles. The van der Waals surface area contributed by atoms with Crippen molar-refractivity contribution in [2.45, 2.75) is 42.4 Å². The van der Waals surface area contributed by atoms with Crippen LogP contribution in [0.4, 0.5) is 25.1 Å². The van der Waals surface area contributed by atoms with Crippen LogP contribution < -0.4 is 5.73 Å². The summed E-state index contributed by atoms with van der Waals surface area (Å²) >= 11 is 0. The third kappa shape index (κ3) is 4.85. The molecule has 5 rings (SSSR count). The number of nitrogens with zero attached hydrogens (tertiary/aromatic N) is 3. The number of benzene rings is 1. The van der Waals surface area contributed by atoms with Crippen molar-refractivity contribution in [1.29, 1.82) is 0 Å². The van der Waals surface area contributed by atoms with Gasteiger partial charge in [0.05, 0.1) is 17.5 Å². The van der Waals surface area contributed by atoms with Crippen molar-refractivity contribution in [1.82, 2.24) is 19.9 Å². The van der Waals surface area contributed by atoms with E-state index in [1.165, 1.54) is 4.90 Å². The van der Waals surface area contributed by atoms with Crippen LogP contribution >= 0.6 is 10.2 Å². The lowest BCUT2D eigenvalue weighted by atomic mass is 9.90. The number of halogens is 5. The van der Waals surface area contributed by atoms with Crippen LogP contribution in [0, 0.1) is 0 Å². The van der Waals surface area contributed by atoms with Gasteiger partial charge in [0.15, 0.2) is 5.65 Å². The van der Waals surface area contributed by atoms with Gasteiger partial charge in [-0.3, -0.25) is 4.79 Å². The van der Waals surface area contributed by atoms with Crippen LogP contribution in [0.3, 0.4) is 0 Å². The minimum atomic E-state index is -9.88. The van der Waals surface area contributed by atoms with Crippen LogP contribution in [0.1, 0.15) is 59.1 Å². The number of amides is 1. The molecular formula is C23H26F5N5O2S. The highest BCUT2D eigenvalue weighted by molar-refractivity contribution is 8.45. The second kappa shape index (κ2) is 8.04. The van der Waals surface area contributed by atoms with Gasteiger partial charge in [0, 0.05) is 49.7 Å². The molecule has 2 aromatic heterocycles. The fourth-order valence-corrected chi connectivity index (χ4v) is 5.64. The van der Waals surface area contributed by atoms with E-state index in [0.717, 1.165) is 35.7 Å². The molecule has 0 unspecified atom stereocenters. The number of nitrogens with one attached hydrogen (secondary N) is 1. The number of aromatic nitrogens is 3. The van der Waals surface area contributed by atoms with Crippen molar-refractivity contribution in [2.24, 2.45) is 0 Å². The second-order valence-electron chi connectivity index (χ2n) is 9.41. The van der Waals surface area contributed by atoms with E-state index in [0.29, 0.717) is 50.7 Å². The van der Waals surface area contributed by atoms with Gasteiger partial charge in [-0.25, -0.2) is 9.97 Å². The van der Waals surface area contributed by atoms with Crippen molar-refractivity contribution >= 4 is 33.0 Å². The van der Waals surface area contributed by atoms with Gasteiger partial charge in [0.25, 0.3) is 5.91 Å². The van der Waals surface area contributed by atoms with Crippen LogP contribution in [-0.4, -0.2) is 52.1 Å². The van der Waals surface area contributed by atoms with Gasteiger partial charge in [-0.1, -0.05) is 19.4 Å². The van der Waals surface area contributed by atoms with Crippen LogP contribution in [0.25, 0.3) is 11.2 Å². The van der Waals surface area contributed by atoms with Crippen molar-refractivity contribution in [2.75, 3.05) is 32.0 Å². The summed E-state index contributed by atoms with van der Waals surface area (Å²) in [5.41, 5.74) is 8.19. The number of aromatic amines is 1. The van der Waals surface area contributed by atoms with E-state index in [2.05, 4.69) is 9.97 Å². The van der Waals surface area contributed by atoms with Gasteiger partial charge >= 0.3 is 10.2 Å². The molecule has 1 aromatic carbocycles. The van der Waals surface area contributed by atoms with Crippen LogP contribution in [0.15, 0.2) is 35.5 Å². The highest BCUT2D eigenvalue weighted by Gasteiger charge is 2.65. The first-order chi connectivity index (χ1) is 16.8. The van der Waals surface area contributed by atoms with Crippen molar-refractivity contribution < 1.29 is 29.0 Å². The Morgan fingerprint density at radius 1 is 1.06 bits per heavy atom. The first-order valence-electron chi connectivity index (χ1n) is 11.6. The molecule has 2 fully saturated rings. The lowest BCUT2D eigenvalue weighted by Gasteiger charge is -2.40. The lowest BCUT2D eigenvalue weighted by molar-refractivity contribution is 0.0714. The van der Waals surface area contributed by atoms with Crippen LogP contribution in [0.5, 0.6) is 0 Å². The van der Waals surface area contributed by atoms with Crippen LogP contribution in [0.2, 0.25) is 0 Å². The molecule has 0 bridgehead atoms. The second-order valence-corrected chi connectivity index (χ2v) is 11.8. The Morgan fingerprint density at radius 3 is 2.39 bits per heavy atom. The van der Waals surface area contributed by atoms with Crippen molar-refractivity contribution in [3.63, 3.8) is 0 Å². The molecule has 0 spiro atoms. The molecule has 2 aliphatic rings. The normalized spacial score (nSPS) is 20.3.